The summed E-state index contributed by atoms with van der Waals surface area (Å²) >= 11 is 0. The summed E-state index contributed by atoms with van der Waals surface area (Å²) in [6, 6.07) is 15.3. The predicted molar refractivity (Wildman–Crippen MR) is 149 cm³/mol. The highest BCUT2D eigenvalue weighted by Crippen LogP contribution is 2.29. The van der Waals surface area contributed by atoms with Gasteiger partial charge in [0, 0.05) is 39.4 Å². The molecule has 1 aromatic heterocycles. The lowest BCUT2D eigenvalue weighted by Crippen LogP contribution is -2.64. The van der Waals surface area contributed by atoms with Crippen LogP contribution in [0, 0.1) is 0 Å². The molecule has 0 saturated heterocycles. The quantitative estimate of drug-likeness (QED) is 0.416. The third-order valence-electron chi connectivity index (χ3n) is 7.03. The summed E-state index contributed by atoms with van der Waals surface area (Å²) in [4.78, 5) is 48.1. The number of methoxy groups -OCH3 is 1. The fourth-order valence-corrected chi connectivity index (χ4v) is 4.72. The van der Waals surface area contributed by atoms with Crippen LogP contribution in [-0.4, -0.2) is 65.5 Å². The molecule has 1 aliphatic heterocycles. The Labute approximate surface area is 229 Å². The van der Waals surface area contributed by atoms with E-state index in [0.29, 0.717) is 26.1 Å². The molecule has 0 radical (unpaired) electrons. The Bertz CT molecular complexity index is 1330. The molecule has 10 nitrogen and oxygen atoms in total. The Balaban J connectivity index is 1.49. The van der Waals surface area contributed by atoms with Gasteiger partial charge in [0.25, 0.3) is 11.8 Å². The smallest absolute Gasteiger partial charge is 0.273 e. The van der Waals surface area contributed by atoms with E-state index in [1.54, 1.807) is 23.5 Å². The van der Waals surface area contributed by atoms with Crippen molar-refractivity contribution in [2.45, 2.75) is 45.4 Å². The summed E-state index contributed by atoms with van der Waals surface area (Å²) in [5, 5.41) is 5.85. The van der Waals surface area contributed by atoms with Crippen LogP contribution < -0.4 is 20.3 Å². The second-order valence-corrected chi connectivity index (χ2v) is 10.1. The Morgan fingerprint density at radius 1 is 1.03 bits per heavy atom. The first kappa shape index (κ1) is 27.7. The normalized spacial score (nSPS) is 16.4. The Morgan fingerprint density at radius 2 is 1.64 bits per heavy atom. The molecule has 0 bridgehead atoms. The average molecular weight is 533 g/mol. The van der Waals surface area contributed by atoms with Gasteiger partial charge >= 0.3 is 0 Å². The predicted octanol–water partition coefficient (Wildman–Crippen LogP) is 2.83. The second kappa shape index (κ2) is 11.6. The molecular formula is C29H36N6O4. The molecule has 1 aliphatic rings. The van der Waals surface area contributed by atoms with E-state index in [1.165, 1.54) is 6.33 Å². The van der Waals surface area contributed by atoms with Gasteiger partial charge in [-0.05, 0) is 48.7 Å². The summed E-state index contributed by atoms with van der Waals surface area (Å²) in [6.07, 6.45) is 2.12. The van der Waals surface area contributed by atoms with Gasteiger partial charge in [0.05, 0.1) is 20.0 Å². The zero-order valence-electron chi connectivity index (χ0n) is 23.2. The molecule has 3 aromatic rings. The highest BCUT2D eigenvalue weighted by Gasteiger charge is 2.48. The van der Waals surface area contributed by atoms with Crippen molar-refractivity contribution in [2.24, 2.45) is 0 Å². The summed E-state index contributed by atoms with van der Waals surface area (Å²) in [6.45, 7) is 4.88. The Hall–Kier alpha value is -4.34. The van der Waals surface area contributed by atoms with Crippen LogP contribution in [0.5, 0.6) is 5.75 Å². The first-order valence-electron chi connectivity index (χ1n) is 13.0. The van der Waals surface area contributed by atoms with Gasteiger partial charge in [-0.2, -0.15) is 0 Å². The van der Waals surface area contributed by atoms with Crippen molar-refractivity contribution in [3.8, 4) is 5.75 Å². The number of imidazole rings is 1. The topological polar surface area (TPSA) is 109 Å². The van der Waals surface area contributed by atoms with Crippen LogP contribution in [0.1, 0.15) is 52.4 Å². The minimum atomic E-state index is -1.14. The van der Waals surface area contributed by atoms with E-state index in [1.807, 2.05) is 74.4 Å². The lowest BCUT2D eigenvalue weighted by atomic mass is 9.93. The largest absolute Gasteiger partial charge is 0.497 e. The highest BCUT2D eigenvalue weighted by molar-refractivity contribution is 6.07. The fraction of sp³-hybridized carbons (Fsp3) is 0.379. The fourth-order valence-electron chi connectivity index (χ4n) is 4.72. The van der Waals surface area contributed by atoms with E-state index in [0.717, 1.165) is 22.6 Å². The number of ether oxygens (including phenoxy) is 1. The first-order chi connectivity index (χ1) is 18.7. The molecule has 4 rings (SSSR count). The standard InChI is InChI=1S/C29H36N6O4/c1-6-15-35-27(37)25-24(26(36)30-16-20-7-11-22(12-8-20)33(3)4)32-19-34(25)18-29(35,2)28(38)31-17-21-9-13-23(39-5)14-10-21/h7-14,19H,6,15-18H2,1-5H3,(H,30,36)(H,31,38)/t29-/m1/s1. The summed E-state index contributed by atoms with van der Waals surface area (Å²) in [7, 11) is 5.53. The Morgan fingerprint density at radius 3 is 2.23 bits per heavy atom. The SMILES string of the molecule is CCCN1C(=O)c2c(C(=O)NCc3ccc(N(C)C)cc3)ncn2C[C@]1(C)C(=O)NCc1ccc(OC)cc1. The minimum Gasteiger partial charge on any atom is -0.497 e. The van der Waals surface area contributed by atoms with E-state index >= 15 is 0 Å². The number of nitrogens with one attached hydrogen (secondary N) is 2. The molecule has 2 N–H and O–H groups in total. The van der Waals surface area contributed by atoms with Crippen LogP contribution in [0.15, 0.2) is 54.9 Å². The number of carbonyl (C=O) groups excluding carboxylic acids is 3. The average Bonchev–Trinajstić information content (AvgIpc) is 3.36. The maximum atomic E-state index is 13.7. The summed E-state index contributed by atoms with van der Waals surface area (Å²) in [5.74, 6) is -0.355. The number of amides is 3. The first-order valence-corrected chi connectivity index (χ1v) is 13.0. The third kappa shape index (κ3) is 5.74. The van der Waals surface area contributed by atoms with Crippen LogP contribution in [-0.2, 0) is 24.4 Å². The number of carbonyl (C=O) groups is 3. The van der Waals surface area contributed by atoms with Crippen LogP contribution in [0.3, 0.4) is 0 Å². The van der Waals surface area contributed by atoms with Gasteiger partial charge in [-0.15, -0.1) is 0 Å². The van der Waals surface area contributed by atoms with Crippen LogP contribution in [0.4, 0.5) is 5.69 Å². The number of aromatic nitrogens is 2. The highest BCUT2D eigenvalue weighted by atomic mass is 16.5. The van der Waals surface area contributed by atoms with Crippen molar-refractivity contribution in [2.75, 3.05) is 32.6 Å². The number of rotatable bonds is 10. The molecule has 0 saturated carbocycles. The number of nitrogens with zero attached hydrogens (tertiary/aromatic N) is 4. The van der Waals surface area contributed by atoms with Crippen molar-refractivity contribution in [3.63, 3.8) is 0 Å². The number of fused-ring (bicyclic) bond motifs is 1. The monoisotopic (exact) mass is 532 g/mol. The molecule has 0 aliphatic carbocycles. The molecule has 2 aromatic carbocycles. The van der Waals surface area contributed by atoms with Crippen molar-refractivity contribution in [1.82, 2.24) is 25.1 Å². The molecule has 0 spiro atoms. The molecule has 3 amide bonds. The van der Waals surface area contributed by atoms with Gasteiger partial charge in [0.1, 0.15) is 17.0 Å². The van der Waals surface area contributed by atoms with E-state index in [2.05, 4.69) is 15.6 Å². The molecule has 2 heterocycles. The molecule has 0 fully saturated rings. The zero-order valence-corrected chi connectivity index (χ0v) is 23.2. The van der Waals surface area contributed by atoms with Crippen LogP contribution in [0.25, 0.3) is 0 Å². The maximum absolute atomic E-state index is 13.7. The molecular weight excluding hydrogens is 496 g/mol. The van der Waals surface area contributed by atoms with Crippen molar-refractivity contribution in [3.05, 3.63) is 77.4 Å². The lowest BCUT2D eigenvalue weighted by Gasteiger charge is -2.43. The summed E-state index contributed by atoms with van der Waals surface area (Å²) in [5.41, 5.74) is 2.02. The molecule has 39 heavy (non-hydrogen) atoms. The third-order valence-corrected chi connectivity index (χ3v) is 7.03. The van der Waals surface area contributed by atoms with E-state index in [9.17, 15) is 14.4 Å². The van der Waals surface area contributed by atoms with Gasteiger partial charge in [-0.25, -0.2) is 4.98 Å². The Kier molecular flexibility index (Phi) is 8.23. The van der Waals surface area contributed by atoms with E-state index in [4.69, 9.17) is 4.74 Å². The molecule has 0 unspecified atom stereocenters. The minimum absolute atomic E-state index is 0.0618. The molecule has 1 atom stereocenters. The number of hydrogen-bond donors (Lipinski definition) is 2. The van der Waals surface area contributed by atoms with Crippen LogP contribution in [0.2, 0.25) is 0 Å². The van der Waals surface area contributed by atoms with Gasteiger partial charge in [-0.1, -0.05) is 31.2 Å². The van der Waals surface area contributed by atoms with Crippen LogP contribution >= 0.6 is 0 Å². The second-order valence-electron chi connectivity index (χ2n) is 10.1. The van der Waals surface area contributed by atoms with Gasteiger partial charge in [0.15, 0.2) is 5.69 Å². The van der Waals surface area contributed by atoms with Crippen molar-refractivity contribution >= 4 is 23.4 Å². The van der Waals surface area contributed by atoms with Crippen molar-refractivity contribution < 1.29 is 19.1 Å². The zero-order chi connectivity index (χ0) is 28.2. The van der Waals surface area contributed by atoms with Gasteiger partial charge in [-0.3, -0.25) is 14.4 Å². The maximum Gasteiger partial charge on any atom is 0.273 e. The van der Waals surface area contributed by atoms with E-state index < -0.39 is 11.4 Å². The lowest BCUT2D eigenvalue weighted by molar-refractivity contribution is -0.133. The molecule has 206 valence electrons. The van der Waals surface area contributed by atoms with Crippen molar-refractivity contribution in [1.29, 1.82) is 0 Å². The number of hydrogen-bond acceptors (Lipinski definition) is 6. The van der Waals surface area contributed by atoms with E-state index in [-0.39, 0.29) is 29.7 Å². The molecule has 10 heteroatoms. The van der Waals surface area contributed by atoms with Gasteiger partial charge < -0.3 is 29.7 Å². The number of anilines is 1. The number of benzene rings is 2. The van der Waals surface area contributed by atoms with Gasteiger partial charge in [0.2, 0.25) is 5.91 Å². The summed E-state index contributed by atoms with van der Waals surface area (Å²) < 4.78 is 6.80.